The van der Waals surface area contributed by atoms with Crippen molar-refractivity contribution in [1.29, 1.82) is 0 Å². The molecule has 0 saturated carbocycles. The highest BCUT2D eigenvalue weighted by molar-refractivity contribution is 7.78. The fourth-order valence-electron chi connectivity index (χ4n) is 2.17. The molecule has 7 heteroatoms. The van der Waals surface area contributed by atoms with Crippen LogP contribution in [0, 0.1) is 0 Å². The minimum absolute atomic E-state index is 0.246. The second-order valence-electron chi connectivity index (χ2n) is 6.26. The number of hydrogen-bond donors (Lipinski definition) is 0. The summed E-state index contributed by atoms with van der Waals surface area (Å²) in [5, 5.41) is 0.543. The first-order valence-electron chi connectivity index (χ1n) is 8.46. The first-order chi connectivity index (χ1) is 11.2. The van der Waals surface area contributed by atoms with Crippen LogP contribution in [-0.4, -0.2) is 24.7 Å². The average molecular weight is 376 g/mol. The molecule has 0 aliphatic heterocycles. The van der Waals surface area contributed by atoms with Gasteiger partial charge in [0, 0.05) is 5.30 Å². The lowest BCUT2D eigenvalue weighted by atomic mass is 10.4. The molecule has 0 aliphatic rings. The fourth-order valence-corrected chi connectivity index (χ4v) is 8.04. The normalized spacial score (nSPS) is 15.0. The third-order valence-electron chi connectivity index (χ3n) is 3.05. The molecule has 1 aromatic carbocycles. The third kappa shape index (κ3) is 7.21. The Bertz CT molecular complexity index is 558. The Morgan fingerprint density at radius 1 is 0.958 bits per heavy atom. The molecule has 5 nitrogen and oxygen atoms in total. The zero-order chi connectivity index (χ0) is 18.2. The van der Waals surface area contributed by atoms with E-state index in [0.717, 1.165) is 12.8 Å². The summed E-state index contributed by atoms with van der Waals surface area (Å²) in [6.07, 6.45) is 1.12. The van der Waals surface area contributed by atoms with Crippen LogP contribution in [0.25, 0.3) is 0 Å². The van der Waals surface area contributed by atoms with Gasteiger partial charge in [0.2, 0.25) is 7.37 Å². The largest absolute Gasteiger partial charge is 0.341 e. The first-order valence-corrected chi connectivity index (χ1v) is 12.0. The van der Waals surface area contributed by atoms with Crippen molar-refractivity contribution in [3.05, 3.63) is 30.3 Å². The van der Waals surface area contributed by atoms with Gasteiger partial charge in [-0.05, 0) is 46.2 Å². The Morgan fingerprint density at radius 2 is 1.50 bits per heavy atom. The Labute approximate surface area is 146 Å². The van der Waals surface area contributed by atoms with Gasteiger partial charge >= 0.3 is 7.60 Å². The lowest BCUT2D eigenvalue weighted by molar-refractivity contribution is 0.144. The molecule has 0 N–H and O–H groups in total. The van der Waals surface area contributed by atoms with Crippen LogP contribution in [0.15, 0.2) is 30.3 Å². The Hall–Kier alpha value is -0.440. The van der Waals surface area contributed by atoms with Crippen molar-refractivity contribution in [1.82, 2.24) is 0 Å². The average Bonchev–Trinajstić information content (AvgIpc) is 2.46. The molecule has 1 aromatic rings. The van der Waals surface area contributed by atoms with E-state index in [1.165, 1.54) is 0 Å². The maximum Gasteiger partial charge on any atom is 0.341 e. The smallest absolute Gasteiger partial charge is 0.325 e. The van der Waals surface area contributed by atoms with Gasteiger partial charge in [-0.3, -0.25) is 9.13 Å². The first kappa shape index (κ1) is 21.6. The molecule has 0 aromatic heterocycles. The standard InChI is InChI=1S/C17H30O5P2/c1-6-7-13-20-23(18,17-11-9-8-10-12-17)14-24(19,21-15(2)3)22-16(4)5/h8-12,15-16H,6-7,13-14H2,1-5H3. The summed E-state index contributed by atoms with van der Waals surface area (Å²) < 4.78 is 43.5. The molecule has 0 heterocycles. The monoisotopic (exact) mass is 376 g/mol. The van der Waals surface area contributed by atoms with E-state index < -0.39 is 15.0 Å². The molecule has 0 saturated heterocycles. The summed E-state index contributed by atoms with van der Waals surface area (Å²) in [6, 6.07) is 8.91. The van der Waals surface area contributed by atoms with Crippen molar-refractivity contribution >= 4 is 20.3 Å². The molecule has 138 valence electrons. The molecule has 0 amide bonds. The van der Waals surface area contributed by atoms with E-state index in [1.807, 2.05) is 13.0 Å². The second-order valence-corrected chi connectivity index (χ2v) is 11.2. The van der Waals surface area contributed by atoms with Gasteiger partial charge in [0.05, 0.1) is 18.8 Å². The van der Waals surface area contributed by atoms with E-state index in [9.17, 15) is 9.13 Å². The molecular weight excluding hydrogens is 346 g/mol. The third-order valence-corrected chi connectivity index (χ3v) is 9.09. The zero-order valence-electron chi connectivity index (χ0n) is 15.3. The number of benzene rings is 1. The lowest BCUT2D eigenvalue weighted by Gasteiger charge is -2.27. The molecule has 0 aliphatic carbocycles. The van der Waals surface area contributed by atoms with Crippen LogP contribution in [0.2, 0.25) is 0 Å². The molecule has 0 fully saturated rings. The van der Waals surface area contributed by atoms with Gasteiger partial charge < -0.3 is 13.6 Å². The van der Waals surface area contributed by atoms with Crippen LogP contribution in [0.3, 0.4) is 0 Å². The molecular formula is C17H30O5P2. The maximum absolute atomic E-state index is 13.5. The highest BCUT2D eigenvalue weighted by Crippen LogP contribution is 2.63. The van der Waals surface area contributed by atoms with Gasteiger partial charge in [-0.2, -0.15) is 0 Å². The molecule has 0 bridgehead atoms. The van der Waals surface area contributed by atoms with Gasteiger partial charge in [0.1, 0.15) is 5.90 Å². The lowest BCUT2D eigenvalue weighted by Crippen LogP contribution is -2.16. The minimum atomic E-state index is -3.56. The van der Waals surface area contributed by atoms with Crippen LogP contribution in [0.4, 0.5) is 0 Å². The summed E-state index contributed by atoms with van der Waals surface area (Å²) in [5.74, 6) is -0.246. The van der Waals surface area contributed by atoms with Crippen molar-refractivity contribution in [3.63, 3.8) is 0 Å². The second kappa shape index (κ2) is 9.89. The Kier molecular flexibility index (Phi) is 8.90. The predicted octanol–water partition coefficient (Wildman–Crippen LogP) is 5.41. The van der Waals surface area contributed by atoms with Crippen molar-refractivity contribution in [3.8, 4) is 0 Å². The predicted molar refractivity (Wildman–Crippen MR) is 99.5 cm³/mol. The maximum atomic E-state index is 13.5. The molecule has 24 heavy (non-hydrogen) atoms. The number of hydrogen-bond acceptors (Lipinski definition) is 5. The van der Waals surface area contributed by atoms with E-state index in [0.29, 0.717) is 11.9 Å². The zero-order valence-corrected chi connectivity index (χ0v) is 17.1. The molecule has 1 atom stereocenters. The summed E-state index contributed by atoms with van der Waals surface area (Å²) in [7, 11) is -6.90. The van der Waals surface area contributed by atoms with Gasteiger partial charge in [0.25, 0.3) is 0 Å². The number of rotatable bonds is 11. The van der Waals surface area contributed by atoms with Crippen LogP contribution < -0.4 is 5.30 Å². The summed E-state index contributed by atoms with van der Waals surface area (Å²) in [5.41, 5.74) is 0. The van der Waals surface area contributed by atoms with Gasteiger partial charge in [-0.15, -0.1) is 0 Å². The minimum Gasteiger partial charge on any atom is -0.325 e. The Morgan fingerprint density at radius 3 is 1.96 bits per heavy atom. The van der Waals surface area contributed by atoms with Crippen LogP contribution in [0.5, 0.6) is 0 Å². The van der Waals surface area contributed by atoms with E-state index in [2.05, 4.69) is 0 Å². The number of unbranched alkanes of at least 4 members (excludes halogenated alkanes) is 1. The van der Waals surface area contributed by atoms with Gasteiger partial charge in [-0.25, -0.2) is 0 Å². The highest BCUT2D eigenvalue weighted by Gasteiger charge is 2.40. The fraction of sp³-hybridized carbons (Fsp3) is 0.647. The Balaban J connectivity index is 3.12. The quantitative estimate of drug-likeness (QED) is 0.382. The topological polar surface area (TPSA) is 61.8 Å². The molecule has 1 rings (SSSR count). The summed E-state index contributed by atoms with van der Waals surface area (Å²) in [4.78, 5) is 0. The van der Waals surface area contributed by atoms with Crippen LogP contribution in [0.1, 0.15) is 47.5 Å². The summed E-state index contributed by atoms with van der Waals surface area (Å²) >= 11 is 0. The van der Waals surface area contributed by atoms with Crippen molar-refractivity contribution < 1.29 is 22.7 Å². The van der Waals surface area contributed by atoms with Gasteiger partial charge in [0.15, 0.2) is 0 Å². The van der Waals surface area contributed by atoms with Crippen molar-refractivity contribution in [2.45, 2.75) is 59.7 Å². The molecule has 1 unspecified atom stereocenters. The van der Waals surface area contributed by atoms with Crippen LogP contribution in [-0.2, 0) is 22.7 Å². The summed E-state index contributed by atoms with van der Waals surface area (Å²) in [6.45, 7) is 9.50. The van der Waals surface area contributed by atoms with Crippen LogP contribution >= 0.6 is 15.0 Å². The SMILES string of the molecule is CCCCOP(=O)(CP(=O)(OC(C)C)OC(C)C)c1ccccc1. The highest BCUT2D eigenvalue weighted by atomic mass is 31.2. The van der Waals surface area contributed by atoms with E-state index >= 15 is 0 Å². The molecule has 0 spiro atoms. The van der Waals surface area contributed by atoms with E-state index in [1.54, 1.807) is 52.0 Å². The van der Waals surface area contributed by atoms with Gasteiger partial charge in [-0.1, -0.05) is 31.5 Å². The van der Waals surface area contributed by atoms with Crippen molar-refractivity contribution in [2.75, 3.05) is 12.5 Å². The van der Waals surface area contributed by atoms with E-state index in [-0.39, 0.29) is 18.1 Å². The molecule has 0 radical (unpaired) electrons. The van der Waals surface area contributed by atoms with Crippen molar-refractivity contribution in [2.24, 2.45) is 0 Å². The van der Waals surface area contributed by atoms with E-state index in [4.69, 9.17) is 13.6 Å².